The molecular weight excluding hydrogens is 346 g/mol. The van der Waals surface area contributed by atoms with E-state index < -0.39 is 0 Å². The summed E-state index contributed by atoms with van der Waals surface area (Å²) in [6.45, 7) is 1.26. The number of amides is 1. The van der Waals surface area contributed by atoms with Gasteiger partial charge in [0.15, 0.2) is 0 Å². The van der Waals surface area contributed by atoms with Crippen molar-refractivity contribution in [1.82, 2.24) is 14.9 Å². The molecule has 6 heteroatoms. The maximum atomic E-state index is 12.8. The summed E-state index contributed by atoms with van der Waals surface area (Å²) in [5, 5.41) is 1.82. The number of rotatable bonds is 4. The number of para-hydroxylation sites is 1. The van der Waals surface area contributed by atoms with E-state index in [4.69, 9.17) is 4.74 Å². The molecule has 1 aliphatic rings. The maximum Gasteiger partial charge on any atom is 0.256 e. The molecule has 0 radical (unpaired) electrons. The predicted octanol–water partition coefficient (Wildman–Crippen LogP) is 3.65. The van der Waals surface area contributed by atoms with Gasteiger partial charge in [0.1, 0.15) is 22.4 Å². The minimum atomic E-state index is -0.0269. The fourth-order valence-corrected chi connectivity index (χ4v) is 3.79. The highest BCUT2D eigenvalue weighted by molar-refractivity contribution is 7.98. The van der Waals surface area contributed by atoms with Crippen LogP contribution < -0.4 is 4.74 Å². The topological polar surface area (TPSA) is 55.3 Å². The molecule has 1 saturated heterocycles. The first-order valence-corrected chi connectivity index (χ1v) is 9.77. The summed E-state index contributed by atoms with van der Waals surface area (Å²) in [5.41, 5.74) is 1.52. The molecule has 3 aromatic rings. The molecule has 3 heterocycles. The van der Waals surface area contributed by atoms with Gasteiger partial charge < -0.3 is 9.64 Å². The average Bonchev–Trinajstić information content (AvgIpc) is 3.16. The van der Waals surface area contributed by atoms with Gasteiger partial charge >= 0.3 is 0 Å². The first kappa shape index (κ1) is 16.8. The smallest absolute Gasteiger partial charge is 0.256 e. The number of carbonyl (C=O) groups is 1. The van der Waals surface area contributed by atoms with Gasteiger partial charge in [-0.1, -0.05) is 18.2 Å². The van der Waals surface area contributed by atoms with Crippen molar-refractivity contribution >= 4 is 28.6 Å². The third-order valence-corrected chi connectivity index (χ3v) is 5.23. The molecule has 0 saturated carbocycles. The molecule has 1 unspecified atom stereocenters. The number of pyridine rings is 2. The van der Waals surface area contributed by atoms with Crippen molar-refractivity contribution in [1.29, 1.82) is 0 Å². The second kappa shape index (κ2) is 7.33. The third-order valence-electron chi connectivity index (χ3n) is 4.52. The van der Waals surface area contributed by atoms with Gasteiger partial charge in [0.2, 0.25) is 0 Å². The standard InChI is InChI=1S/C20H19N3O2S/c1-26-19-16(7-4-11-22-19)20(24)23-12-9-15(13-23)25-17-8-2-5-14-6-3-10-21-18(14)17/h2-8,10-11,15H,9,12-13H2,1H3. The second-order valence-electron chi connectivity index (χ2n) is 6.17. The molecule has 0 aliphatic carbocycles. The monoisotopic (exact) mass is 365 g/mol. The lowest BCUT2D eigenvalue weighted by Crippen LogP contribution is -2.31. The van der Waals surface area contributed by atoms with E-state index in [0.29, 0.717) is 18.7 Å². The Labute approximate surface area is 156 Å². The Morgan fingerprint density at radius 3 is 2.85 bits per heavy atom. The van der Waals surface area contributed by atoms with E-state index in [-0.39, 0.29) is 12.0 Å². The van der Waals surface area contributed by atoms with E-state index >= 15 is 0 Å². The van der Waals surface area contributed by atoms with Crippen LogP contribution in [0.15, 0.2) is 59.9 Å². The van der Waals surface area contributed by atoms with E-state index in [2.05, 4.69) is 9.97 Å². The molecule has 1 atom stereocenters. The van der Waals surface area contributed by atoms with Gasteiger partial charge in [-0.2, -0.15) is 0 Å². The third kappa shape index (κ3) is 3.24. The van der Waals surface area contributed by atoms with Crippen LogP contribution >= 0.6 is 11.8 Å². The fourth-order valence-electron chi connectivity index (χ4n) is 3.25. The highest BCUT2D eigenvalue weighted by Gasteiger charge is 2.29. The van der Waals surface area contributed by atoms with E-state index in [1.54, 1.807) is 18.5 Å². The fraction of sp³-hybridized carbons (Fsp3) is 0.250. The SMILES string of the molecule is CSc1ncccc1C(=O)N1CCC(Oc2cccc3cccnc23)C1. The number of likely N-dealkylation sites (tertiary alicyclic amines) is 1. The normalized spacial score (nSPS) is 16.8. The molecule has 0 spiro atoms. The van der Waals surface area contributed by atoms with Gasteiger partial charge in [0, 0.05) is 30.7 Å². The molecule has 1 aliphatic heterocycles. The number of fused-ring (bicyclic) bond motifs is 1. The number of hydrogen-bond donors (Lipinski definition) is 0. The van der Waals surface area contributed by atoms with Gasteiger partial charge in [0.05, 0.1) is 12.1 Å². The summed E-state index contributed by atoms with van der Waals surface area (Å²) in [6.07, 6.45) is 6.20. The molecule has 1 amide bonds. The Balaban J connectivity index is 1.49. The van der Waals surface area contributed by atoms with Gasteiger partial charge in [0.25, 0.3) is 5.91 Å². The van der Waals surface area contributed by atoms with Crippen LogP contribution in [0.2, 0.25) is 0 Å². The summed E-state index contributed by atoms with van der Waals surface area (Å²) in [7, 11) is 0. The lowest BCUT2D eigenvalue weighted by molar-refractivity contribution is 0.0768. The summed E-state index contributed by atoms with van der Waals surface area (Å²) >= 11 is 1.49. The number of ether oxygens (including phenoxy) is 1. The zero-order valence-electron chi connectivity index (χ0n) is 14.5. The first-order chi connectivity index (χ1) is 12.8. The van der Waals surface area contributed by atoms with E-state index in [0.717, 1.165) is 28.1 Å². The molecule has 1 fully saturated rings. The van der Waals surface area contributed by atoms with Gasteiger partial charge in [-0.15, -0.1) is 11.8 Å². The van der Waals surface area contributed by atoms with Crippen LogP contribution in [0.5, 0.6) is 5.75 Å². The van der Waals surface area contributed by atoms with Crippen molar-refractivity contribution in [3.05, 3.63) is 60.4 Å². The number of aromatic nitrogens is 2. The van der Waals surface area contributed by atoms with Gasteiger partial charge in [-0.05, 0) is 30.5 Å². The van der Waals surface area contributed by atoms with Crippen LogP contribution in [0.1, 0.15) is 16.8 Å². The molecule has 132 valence electrons. The number of thioether (sulfide) groups is 1. The summed E-state index contributed by atoms with van der Waals surface area (Å²) in [4.78, 5) is 23.4. The second-order valence-corrected chi connectivity index (χ2v) is 6.97. The Morgan fingerprint density at radius 2 is 1.96 bits per heavy atom. The Morgan fingerprint density at radius 1 is 1.15 bits per heavy atom. The van der Waals surface area contributed by atoms with Gasteiger partial charge in [-0.3, -0.25) is 9.78 Å². The quantitative estimate of drug-likeness (QED) is 0.661. The number of nitrogens with zero attached hydrogens (tertiary/aromatic N) is 3. The van der Waals surface area contributed by atoms with Crippen LogP contribution in [-0.4, -0.2) is 46.2 Å². The van der Waals surface area contributed by atoms with Crippen LogP contribution in [0.3, 0.4) is 0 Å². The Hall–Kier alpha value is -2.60. The number of hydrogen-bond acceptors (Lipinski definition) is 5. The van der Waals surface area contributed by atoms with Crippen molar-refractivity contribution in [3.63, 3.8) is 0 Å². The zero-order chi connectivity index (χ0) is 17.9. The Bertz CT molecular complexity index is 942. The van der Waals surface area contributed by atoms with E-state index in [1.165, 1.54) is 11.8 Å². The molecule has 26 heavy (non-hydrogen) atoms. The van der Waals surface area contributed by atoms with Crippen LogP contribution in [-0.2, 0) is 0 Å². The maximum absolute atomic E-state index is 12.8. The van der Waals surface area contributed by atoms with E-state index in [1.807, 2.05) is 47.6 Å². The minimum Gasteiger partial charge on any atom is -0.486 e. The Kier molecular flexibility index (Phi) is 4.75. The van der Waals surface area contributed by atoms with Crippen LogP contribution in [0.4, 0.5) is 0 Å². The summed E-state index contributed by atoms with van der Waals surface area (Å²) in [6, 6.07) is 13.5. The molecule has 4 rings (SSSR count). The molecule has 0 N–H and O–H groups in total. The number of carbonyl (C=O) groups excluding carboxylic acids is 1. The van der Waals surface area contributed by atoms with E-state index in [9.17, 15) is 4.79 Å². The molecular formula is C20H19N3O2S. The predicted molar refractivity (Wildman–Crippen MR) is 103 cm³/mol. The molecule has 5 nitrogen and oxygen atoms in total. The summed E-state index contributed by atoms with van der Waals surface area (Å²) < 4.78 is 6.18. The molecule has 2 aromatic heterocycles. The van der Waals surface area contributed by atoms with Crippen molar-refractivity contribution < 1.29 is 9.53 Å². The van der Waals surface area contributed by atoms with Crippen LogP contribution in [0, 0.1) is 0 Å². The summed E-state index contributed by atoms with van der Waals surface area (Å²) in [5.74, 6) is 0.790. The zero-order valence-corrected chi connectivity index (χ0v) is 15.3. The largest absolute Gasteiger partial charge is 0.486 e. The molecule has 1 aromatic carbocycles. The number of benzene rings is 1. The average molecular weight is 365 g/mol. The van der Waals surface area contributed by atoms with Crippen molar-refractivity contribution in [2.45, 2.75) is 17.6 Å². The highest BCUT2D eigenvalue weighted by atomic mass is 32.2. The van der Waals surface area contributed by atoms with Crippen LogP contribution in [0.25, 0.3) is 10.9 Å². The van der Waals surface area contributed by atoms with Crippen molar-refractivity contribution in [2.24, 2.45) is 0 Å². The van der Waals surface area contributed by atoms with Crippen molar-refractivity contribution in [3.8, 4) is 5.75 Å². The lowest BCUT2D eigenvalue weighted by atomic mass is 10.2. The first-order valence-electron chi connectivity index (χ1n) is 8.55. The minimum absolute atomic E-state index is 0.0181. The molecule has 0 bridgehead atoms. The van der Waals surface area contributed by atoms with Gasteiger partial charge in [-0.25, -0.2) is 4.98 Å². The lowest BCUT2D eigenvalue weighted by Gasteiger charge is -2.18. The highest BCUT2D eigenvalue weighted by Crippen LogP contribution is 2.27. The van der Waals surface area contributed by atoms with Crippen molar-refractivity contribution in [2.75, 3.05) is 19.3 Å².